The van der Waals surface area contributed by atoms with E-state index in [2.05, 4.69) is 34.5 Å². The second-order valence-electron chi connectivity index (χ2n) is 8.61. The molecule has 0 spiro atoms. The smallest absolute Gasteiger partial charge is 0.297 e. The molecule has 1 unspecified atom stereocenters. The third kappa shape index (κ3) is 4.29. The monoisotopic (exact) mass is 547 g/mol. The van der Waals surface area contributed by atoms with Crippen LogP contribution < -0.4 is 10.3 Å². The number of rotatable bonds is 5. The van der Waals surface area contributed by atoms with Crippen molar-refractivity contribution in [3.05, 3.63) is 110 Å². The molecule has 1 N–H and O–H groups in total. The summed E-state index contributed by atoms with van der Waals surface area (Å²) in [5.74, 6) is 0.259. The molecule has 7 nitrogen and oxygen atoms in total. The number of hydrogen-bond acceptors (Lipinski definition) is 8. The van der Waals surface area contributed by atoms with Gasteiger partial charge in [-0.25, -0.2) is 0 Å². The Morgan fingerprint density at radius 1 is 1.05 bits per heavy atom. The highest BCUT2D eigenvalue weighted by molar-refractivity contribution is 8.00. The van der Waals surface area contributed by atoms with Gasteiger partial charge in [0.2, 0.25) is 10.9 Å². The molecule has 6 rings (SSSR count). The van der Waals surface area contributed by atoms with Crippen molar-refractivity contribution in [2.45, 2.75) is 23.1 Å². The van der Waals surface area contributed by atoms with Gasteiger partial charge < -0.3 is 9.52 Å². The normalized spacial score (nSPS) is 14.9. The Hall–Kier alpha value is -3.66. The highest BCUT2D eigenvalue weighted by Gasteiger charge is 2.45. The van der Waals surface area contributed by atoms with Crippen LogP contribution >= 0.6 is 34.7 Å². The number of phenolic OH excluding ortho intramolecular Hbond substituents is 1. The molecule has 1 atom stereocenters. The Labute approximate surface area is 224 Å². The maximum atomic E-state index is 13.7. The fraction of sp³-hybridized carbons (Fsp3) is 0.111. The maximum absolute atomic E-state index is 13.7. The molecule has 3 heterocycles. The van der Waals surface area contributed by atoms with E-state index in [-0.39, 0.29) is 33.5 Å². The molecule has 2 aromatic heterocycles. The molecule has 0 bridgehead atoms. The van der Waals surface area contributed by atoms with Gasteiger partial charge in [-0.3, -0.25) is 14.5 Å². The zero-order chi connectivity index (χ0) is 25.7. The van der Waals surface area contributed by atoms with Crippen molar-refractivity contribution in [2.75, 3.05) is 4.90 Å². The zero-order valence-electron chi connectivity index (χ0n) is 19.3. The number of amides is 1. The predicted molar refractivity (Wildman–Crippen MR) is 145 cm³/mol. The number of benzene rings is 3. The summed E-state index contributed by atoms with van der Waals surface area (Å²) in [6, 6.07) is 18.6. The zero-order valence-corrected chi connectivity index (χ0v) is 21.7. The Morgan fingerprint density at radius 3 is 2.57 bits per heavy atom. The largest absolute Gasteiger partial charge is 0.508 e. The number of halogens is 1. The molecule has 37 heavy (non-hydrogen) atoms. The Bertz CT molecular complexity index is 1720. The van der Waals surface area contributed by atoms with Gasteiger partial charge in [0.15, 0.2) is 9.77 Å². The van der Waals surface area contributed by atoms with E-state index < -0.39 is 11.9 Å². The minimum absolute atomic E-state index is 0.0399. The van der Waals surface area contributed by atoms with Crippen LogP contribution in [0, 0.1) is 6.92 Å². The lowest BCUT2D eigenvalue weighted by Gasteiger charge is -2.22. The van der Waals surface area contributed by atoms with Crippen LogP contribution in [-0.2, 0) is 5.75 Å². The maximum Gasteiger partial charge on any atom is 0.297 e. The Morgan fingerprint density at radius 2 is 1.81 bits per heavy atom. The number of thioether (sulfide) groups is 1. The summed E-state index contributed by atoms with van der Waals surface area (Å²) in [5.41, 5.74) is 3.11. The molecule has 1 aliphatic heterocycles. The van der Waals surface area contributed by atoms with Crippen molar-refractivity contribution >= 4 is 56.7 Å². The van der Waals surface area contributed by atoms with Crippen LogP contribution in [-0.4, -0.2) is 21.2 Å². The fourth-order valence-corrected chi connectivity index (χ4v) is 6.30. The van der Waals surface area contributed by atoms with Crippen LogP contribution in [0.15, 0.2) is 80.3 Å². The summed E-state index contributed by atoms with van der Waals surface area (Å²) in [6.45, 7) is 2.04. The number of carbonyl (C=O) groups is 1. The number of aryl methyl sites for hydroxylation is 1. The number of aromatic nitrogens is 2. The first-order chi connectivity index (χ1) is 17.9. The van der Waals surface area contributed by atoms with Gasteiger partial charge in [0.1, 0.15) is 11.3 Å². The molecule has 1 amide bonds. The molecule has 0 aliphatic carbocycles. The molecule has 10 heteroatoms. The average molecular weight is 548 g/mol. The fourth-order valence-electron chi connectivity index (χ4n) is 4.30. The second-order valence-corrected chi connectivity index (χ2v) is 11.2. The summed E-state index contributed by atoms with van der Waals surface area (Å²) in [5, 5.41) is 19.5. The van der Waals surface area contributed by atoms with Gasteiger partial charge in [-0.1, -0.05) is 76.7 Å². The SMILES string of the molecule is Cc1ccc(CSc2nnc(N3C(=O)c4oc5ccc(Cl)cc5c(=O)c4C3c3ccc(O)cc3)s2)cc1. The average Bonchev–Trinajstić information content (AvgIpc) is 3.47. The highest BCUT2D eigenvalue weighted by atomic mass is 35.5. The number of fused-ring (bicyclic) bond motifs is 2. The number of phenols is 1. The molecule has 0 radical (unpaired) electrons. The lowest BCUT2D eigenvalue weighted by Crippen LogP contribution is -2.29. The molecule has 184 valence electrons. The van der Waals surface area contributed by atoms with Gasteiger partial charge in [0.05, 0.1) is 17.0 Å². The first-order valence-electron chi connectivity index (χ1n) is 11.3. The molecule has 0 fully saturated rings. The third-order valence-electron chi connectivity index (χ3n) is 6.13. The Balaban J connectivity index is 1.42. The van der Waals surface area contributed by atoms with E-state index in [4.69, 9.17) is 16.0 Å². The molecule has 3 aromatic carbocycles. The topological polar surface area (TPSA) is 96.5 Å². The summed E-state index contributed by atoms with van der Waals surface area (Å²) < 4.78 is 6.65. The quantitative estimate of drug-likeness (QED) is 0.202. The van der Waals surface area contributed by atoms with Crippen molar-refractivity contribution in [3.8, 4) is 5.75 Å². The van der Waals surface area contributed by atoms with Crippen molar-refractivity contribution in [3.63, 3.8) is 0 Å². The van der Waals surface area contributed by atoms with E-state index in [9.17, 15) is 14.7 Å². The van der Waals surface area contributed by atoms with Crippen molar-refractivity contribution in [1.29, 1.82) is 0 Å². The van der Waals surface area contributed by atoms with E-state index in [1.807, 2.05) is 6.92 Å². The van der Waals surface area contributed by atoms with Gasteiger partial charge in [-0.05, 0) is 48.4 Å². The van der Waals surface area contributed by atoms with Crippen molar-refractivity contribution in [1.82, 2.24) is 10.2 Å². The molecular formula is C27H18ClN3O4S2. The first kappa shape index (κ1) is 23.7. The first-order valence-corrected chi connectivity index (χ1v) is 13.5. The number of hydrogen-bond donors (Lipinski definition) is 1. The minimum atomic E-state index is -0.800. The number of anilines is 1. The van der Waals surface area contributed by atoms with Gasteiger partial charge in [0, 0.05) is 10.8 Å². The lowest BCUT2D eigenvalue weighted by molar-refractivity contribution is 0.0970. The predicted octanol–water partition coefficient (Wildman–Crippen LogP) is 6.35. The number of carbonyl (C=O) groups excluding carboxylic acids is 1. The van der Waals surface area contributed by atoms with Crippen LogP contribution in [0.3, 0.4) is 0 Å². The molecule has 0 saturated carbocycles. The van der Waals surface area contributed by atoms with Gasteiger partial charge in [-0.2, -0.15) is 0 Å². The van der Waals surface area contributed by atoms with Crippen LogP contribution in [0.5, 0.6) is 5.75 Å². The van der Waals surface area contributed by atoms with Crippen LogP contribution in [0.2, 0.25) is 5.02 Å². The summed E-state index contributed by atoms with van der Waals surface area (Å²) >= 11 is 8.94. The number of aromatic hydroxyl groups is 1. The van der Waals surface area contributed by atoms with Gasteiger partial charge in [0.25, 0.3) is 5.91 Å². The highest BCUT2D eigenvalue weighted by Crippen LogP contribution is 2.43. The van der Waals surface area contributed by atoms with E-state index in [0.29, 0.717) is 25.8 Å². The van der Waals surface area contributed by atoms with Crippen LogP contribution in [0.4, 0.5) is 5.13 Å². The number of nitrogens with zero attached hydrogens (tertiary/aromatic N) is 3. The van der Waals surface area contributed by atoms with Crippen LogP contribution in [0.1, 0.15) is 38.9 Å². The van der Waals surface area contributed by atoms with Gasteiger partial charge in [-0.15, -0.1) is 10.2 Å². The summed E-state index contributed by atoms with van der Waals surface area (Å²) in [4.78, 5) is 28.8. The lowest BCUT2D eigenvalue weighted by atomic mass is 9.98. The van der Waals surface area contributed by atoms with E-state index in [1.165, 1.54) is 51.8 Å². The van der Waals surface area contributed by atoms with Crippen molar-refractivity contribution < 1.29 is 14.3 Å². The second kappa shape index (κ2) is 9.33. The molecular weight excluding hydrogens is 530 g/mol. The summed E-state index contributed by atoms with van der Waals surface area (Å²) in [7, 11) is 0. The standard InChI is InChI=1S/C27H18ClN3O4S2/c1-14-2-4-15(5-3-14)13-36-27-30-29-26(37-27)31-22(16-6-9-18(32)10-7-16)21-23(33)19-12-17(28)8-11-20(19)35-24(21)25(31)34/h2-12,22,32H,13H2,1H3. The van der Waals surface area contributed by atoms with Crippen molar-refractivity contribution in [2.24, 2.45) is 0 Å². The van der Waals surface area contributed by atoms with Crippen LogP contribution in [0.25, 0.3) is 11.0 Å². The molecule has 0 saturated heterocycles. The third-order valence-corrected chi connectivity index (χ3v) is 8.49. The van der Waals surface area contributed by atoms with E-state index in [0.717, 1.165) is 5.56 Å². The van der Waals surface area contributed by atoms with Gasteiger partial charge >= 0.3 is 0 Å². The van der Waals surface area contributed by atoms with E-state index in [1.54, 1.807) is 24.3 Å². The molecule has 5 aromatic rings. The molecule has 1 aliphatic rings. The summed E-state index contributed by atoms with van der Waals surface area (Å²) in [6.07, 6.45) is 0. The minimum Gasteiger partial charge on any atom is -0.508 e. The Kier molecular flexibility index (Phi) is 5.98. The van der Waals surface area contributed by atoms with E-state index >= 15 is 0 Å².